The van der Waals surface area contributed by atoms with Gasteiger partial charge in [-0.1, -0.05) is 19.1 Å². The smallest absolute Gasteiger partial charge is 0.307 e. The second-order valence-corrected chi connectivity index (χ2v) is 4.29. The van der Waals surface area contributed by atoms with Gasteiger partial charge in [-0.15, -0.1) is 0 Å². The van der Waals surface area contributed by atoms with E-state index >= 15 is 0 Å². The number of nitrogens with one attached hydrogen (secondary N) is 1. The Morgan fingerprint density at radius 3 is 2.47 bits per heavy atom. The normalized spacial score (nSPS) is 11.9. The van der Waals surface area contributed by atoms with Gasteiger partial charge in [-0.2, -0.15) is 0 Å². The molecule has 4 heteroatoms. The topological polar surface area (TPSA) is 47.6 Å². The van der Waals surface area contributed by atoms with Crippen molar-refractivity contribution in [2.45, 2.75) is 32.7 Å². The van der Waals surface area contributed by atoms with Crippen molar-refractivity contribution >= 4 is 5.97 Å². The first-order chi connectivity index (χ1) is 9.21. The van der Waals surface area contributed by atoms with Crippen molar-refractivity contribution in [1.29, 1.82) is 0 Å². The van der Waals surface area contributed by atoms with E-state index in [9.17, 15) is 4.79 Å². The highest BCUT2D eigenvalue weighted by molar-refractivity contribution is 5.70. The van der Waals surface area contributed by atoms with Crippen molar-refractivity contribution in [2.24, 2.45) is 0 Å². The fraction of sp³-hybridized carbons (Fsp3) is 0.533. The lowest BCUT2D eigenvalue weighted by Gasteiger charge is -2.18. The Hall–Kier alpha value is -1.55. The van der Waals surface area contributed by atoms with Gasteiger partial charge in [-0.05, 0) is 37.6 Å². The van der Waals surface area contributed by atoms with Crippen molar-refractivity contribution in [3.8, 4) is 5.75 Å². The minimum Gasteiger partial charge on any atom is -0.494 e. The molecule has 0 amide bonds. The van der Waals surface area contributed by atoms with Gasteiger partial charge in [0.15, 0.2) is 0 Å². The second kappa shape index (κ2) is 8.53. The average Bonchev–Trinajstić information content (AvgIpc) is 2.44. The van der Waals surface area contributed by atoms with Gasteiger partial charge in [0, 0.05) is 6.04 Å². The molecule has 1 atom stereocenters. The number of benzene rings is 1. The number of carbonyl (C=O) groups excluding carboxylic acids is 1. The van der Waals surface area contributed by atoms with Gasteiger partial charge < -0.3 is 14.8 Å². The molecule has 0 saturated heterocycles. The van der Waals surface area contributed by atoms with Crippen molar-refractivity contribution in [1.82, 2.24) is 5.32 Å². The Kier molecular flexibility index (Phi) is 6.97. The Bertz CT molecular complexity index is 375. The van der Waals surface area contributed by atoms with Crippen LogP contribution in [0, 0.1) is 0 Å². The number of rotatable bonds is 8. The Balaban J connectivity index is 2.74. The number of hydrogen-bond donors (Lipinski definition) is 1. The molecular weight excluding hydrogens is 242 g/mol. The molecule has 1 N–H and O–H groups in total. The van der Waals surface area contributed by atoms with Gasteiger partial charge in [-0.25, -0.2) is 0 Å². The van der Waals surface area contributed by atoms with Crippen LogP contribution in [0.4, 0.5) is 0 Å². The standard InChI is InChI=1S/C15H23NO3/c1-4-10-16-14(11-15(17)18-3)12-6-8-13(9-7-12)19-5-2/h6-9,14,16H,4-5,10-11H2,1-3H3. The third-order valence-electron chi connectivity index (χ3n) is 2.83. The zero-order valence-electron chi connectivity index (χ0n) is 11.9. The summed E-state index contributed by atoms with van der Waals surface area (Å²) in [7, 11) is 1.41. The summed E-state index contributed by atoms with van der Waals surface area (Å²) in [6.07, 6.45) is 1.36. The maximum absolute atomic E-state index is 11.4. The van der Waals surface area contributed by atoms with Crippen LogP contribution in [-0.2, 0) is 9.53 Å². The molecule has 4 nitrogen and oxygen atoms in total. The fourth-order valence-corrected chi connectivity index (χ4v) is 1.84. The number of ether oxygens (including phenoxy) is 2. The molecule has 0 radical (unpaired) electrons. The van der Waals surface area contributed by atoms with Gasteiger partial charge in [0.25, 0.3) is 0 Å². The summed E-state index contributed by atoms with van der Waals surface area (Å²) >= 11 is 0. The van der Waals surface area contributed by atoms with Crippen LogP contribution in [0.25, 0.3) is 0 Å². The van der Waals surface area contributed by atoms with Crippen molar-refractivity contribution in [3.63, 3.8) is 0 Å². The second-order valence-electron chi connectivity index (χ2n) is 4.29. The van der Waals surface area contributed by atoms with Crippen LogP contribution < -0.4 is 10.1 Å². The molecule has 1 aromatic carbocycles. The molecule has 106 valence electrons. The largest absolute Gasteiger partial charge is 0.494 e. The highest BCUT2D eigenvalue weighted by Gasteiger charge is 2.15. The first-order valence-corrected chi connectivity index (χ1v) is 6.74. The zero-order chi connectivity index (χ0) is 14.1. The van der Waals surface area contributed by atoms with E-state index in [1.54, 1.807) is 0 Å². The van der Waals surface area contributed by atoms with Crippen molar-refractivity contribution < 1.29 is 14.3 Å². The molecule has 0 saturated carbocycles. The molecule has 0 aromatic heterocycles. The van der Waals surface area contributed by atoms with Gasteiger partial charge in [0.05, 0.1) is 20.1 Å². The third-order valence-corrected chi connectivity index (χ3v) is 2.83. The lowest BCUT2D eigenvalue weighted by Crippen LogP contribution is -2.25. The minimum atomic E-state index is -0.206. The van der Waals surface area contributed by atoms with Crippen LogP contribution in [0.1, 0.15) is 38.3 Å². The van der Waals surface area contributed by atoms with Gasteiger partial charge in [0.1, 0.15) is 5.75 Å². The number of esters is 1. The molecule has 0 aliphatic heterocycles. The maximum atomic E-state index is 11.4. The summed E-state index contributed by atoms with van der Waals surface area (Å²) in [5.74, 6) is 0.640. The molecule has 1 aromatic rings. The lowest BCUT2D eigenvalue weighted by molar-refractivity contribution is -0.141. The first-order valence-electron chi connectivity index (χ1n) is 6.74. The Labute approximate surface area is 115 Å². The molecule has 0 heterocycles. The van der Waals surface area contributed by atoms with E-state index in [2.05, 4.69) is 12.2 Å². The molecule has 1 rings (SSSR count). The first kappa shape index (κ1) is 15.5. The van der Waals surface area contributed by atoms with E-state index in [4.69, 9.17) is 9.47 Å². The van der Waals surface area contributed by atoms with E-state index in [0.717, 1.165) is 24.3 Å². The molecule has 1 unspecified atom stereocenters. The van der Waals surface area contributed by atoms with E-state index < -0.39 is 0 Å². The maximum Gasteiger partial charge on any atom is 0.307 e. The quantitative estimate of drug-likeness (QED) is 0.734. The molecule has 0 fully saturated rings. The summed E-state index contributed by atoms with van der Waals surface area (Å²) in [6, 6.07) is 7.82. The van der Waals surface area contributed by atoms with E-state index in [-0.39, 0.29) is 12.0 Å². The average molecular weight is 265 g/mol. The number of hydrogen-bond acceptors (Lipinski definition) is 4. The monoisotopic (exact) mass is 265 g/mol. The van der Waals surface area contributed by atoms with E-state index in [1.807, 2.05) is 31.2 Å². The van der Waals surface area contributed by atoms with E-state index in [0.29, 0.717) is 13.0 Å². The Morgan fingerprint density at radius 1 is 1.26 bits per heavy atom. The molecule has 0 aliphatic rings. The molecule has 19 heavy (non-hydrogen) atoms. The highest BCUT2D eigenvalue weighted by atomic mass is 16.5. The summed E-state index contributed by atoms with van der Waals surface area (Å²) < 4.78 is 10.2. The van der Waals surface area contributed by atoms with Crippen LogP contribution in [-0.4, -0.2) is 26.2 Å². The number of carbonyl (C=O) groups is 1. The van der Waals surface area contributed by atoms with E-state index in [1.165, 1.54) is 7.11 Å². The van der Waals surface area contributed by atoms with Gasteiger partial charge >= 0.3 is 5.97 Å². The minimum absolute atomic E-state index is 0.0110. The summed E-state index contributed by atoms with van der Waals surface area (Å²) in [5, 5.41) is 3.36. The summed E-state index contributed by atoms with van der Waals surface area (Å²) in [5.41, 5.74) is 1.07. The third kappa shape index (κ3) is 5.30. The zero-order valence-corrected chi connectivity index (χ0v) is 11.9. The van der Waals surface area contributed by atoms with Crippen LogP contribution in [0.2, 0.25) is 0 Å². The Morgan fingerprint density at radius 2 is 1.95 bits per heavy atom. The lowest BCUT2D eigenvalue weighted by atomic mass is 10.0. The molecular formula is C15H23NO3. The van der Waals surface area contributed by atoms with Gasteiger partial charge in [0.2, 0.25) is 0 Å². The fourth-order valence-electron chi connectivity index (χ4n) is 1.84. The predicted octanol–water partition coefficient (Wildman–Crippen LogP) is 2.69. The highest BCUT2D eigenvalue weighted by Crippen LogP contribution is 2.21. The molecule has 0 spiro atoms. The SMILES string of the molecule is CCCNC(CC(=O)OC)c1ccc(OCC)cc1. The predicted molar refractivity (Wildman–Crippen MR) is 75.3 cm³/mol. The number of methoxy groups -OCH3 is 1. The van der Waals surface area contributed by atoms with Crippen LogP contribution >= 0.6 is 0 Å². The van der Waals surface area contributed by atoms with Crippen LogP contribution in [0.5, 0.6) is 5.75 Å². The molecule has 0 bridgehead atoms. The van der Waals surface area contributed by atoms with Crippen molar-refractivity contribution in [2.75, 3.05) is 20.3 Å². The molecule has 0 aliphatic carbocycles. The van der Waals surface area contributed by atoms with Crippen LogP contribution in [0.3, 0.4) is 0 Å². The van der Waals surface area contributed by atoms with Crippen molar-refractivity contribution in [3.05, 3.63) is 29.8 Å². The summed E-state index contributed by atoms with van der Waals surface area (Å²) in [4.78, 5) is 11.4. The summed E-state index contributed by atoms with van der Waals surface area (Å²) in [6.45, 7) is 5.57. The van der Waals surface area contributed by atoms with Gasteiger partial charge in [-0.3, -0.25) is 4.79 Å². The van der Waals surface area contributed by atoms with Crippen LogP contribution in [0.15, 0.2) is 24.3 Å².